The number of aromatic nitrogens is 2. The molecule has 0 aliphatic heterocycles. The first-order valence-electron chi connectivity index (χ1n) is 6.52. The van der Waals surface area contributed by atoms with Crippen LogP contribution in [0.5, 0.6) is 0 Å². The highest BCUT2D eigenvalue weighted by Gasteiger charge is 2.14. The lowest BCUT2D eigenvalue weighted by molar-refractivity contribution is 0.944. The van der Waals surface area contributed by atoms with Gasteiger partial charge in [0, 0.05) is 6.54 Å². The molecule has 0 spiro atoms. The molecule has 0 bridgehead atoms. The molecule has 19 heavy (non-hydrogen) atoms. The molecule has 3 nitrogen and oxygen atoms in total. The van der Waals surface area contributed by atoms with Crippen LogP contribution in [-0.2, 0) is 6.42 Å². The zero-order valence-corrected chi connectivity index (χ0v) is 13.9. The van der Waals surface area contributed by atoms with Crippen molar-refractivity contribution in [2.45, 2.75) is 33.6 Å². The van der Waals surface area contributed by atoms with Crippen LogP contribution in [0.15, 0.2) is 15.9 Å². The minimum atomic E-state index is 0.825. The van der Waals surface area contributed by atoms with E-state index in [4.69, 9.17) is 0 Å². The van der Waals surface area contributed by atoms with Gasteiger partial charge in [0.25, 0.3) is 0 Å². The predicted octanol–water partition coefficient (Wildman–Crippen LogP) is 4.66. The second kappa shape index (κ2) is 6.48. The third-order valence-electron chi connectivity index (χ3n) is 2.86. The Hall–Kier alpha value is -0.940. The van der Waals surface area contributed by atoms with Crippen LogP contribution in [0.25, 0.3) is 10.7 Å². The zero-order valence-electron chi connectivity index (χ0n) is 11.5. The van der Waals surface area contributed by atoms with Crippen molar-refractivity contribution in [3.63, 3.8) is 0 Å². The average molecular weight is 340 g/mol. The van der Waals surface area contributed by atoms with Crippen molar-refractivity contribution in [2.75, 3.05) is 11.9 Å². The number of hydrogen-bond acceptors (Lipinski definition) is 4. The number of hydrogen-bond donors (Lipinski definition) is 1. The van der Waals surface area contributed by atoms with Crippen LogP contribution in [0, 0.1) is 6.92 Å². The summed E-state index contributed by atoms with van der Waals surface area (Å²) in [6, 6.07) is 2.11. The second-order valence-corrected chi connectivity index (χ2v) is 6.08. The fourth-order valence-corrected chi connectivity index (χ4v) is 3.25. The van der Waals surface area contributed by atoms with E-state index in [-0.39, 0.29) is 0 Å². The quantitative estimate of drug-likeness (QED) is 0.860. The maximum Gasteiger partial charge on any atom is 0.172 e. The van der Waals surface area contributed by atoms with Gasteiger partial charge in [-0.15, -0.1) is 11.3 Å². The number of halogens is 1. The molecule has 0 saturated carbocycles. The van der Waals surface area contributed by atoms with E-state index in [0.717, 1.165) is 46.1 Å². The van der Waals surface area contributed by atoms with Crippen LogP contribution in [0.1, 0.15) is 31.5 Å². The van der Waals surface area contributed by atoms with Gasteiger partial charge in [-0.25, -0.2) is 9.97 Å². The first-order chi connectivity index (χ1) is 9.17. The molecule has 0 saturated heterocycles. The SMILES string of the molecule is CCCNc1nc(-c2sccc2C)nc(CC)c1Br. The van der Waals surface area contributed by atoms with Crippen molar-refractivity contribution in [3.05, 3.63) is 27.2 Å². The summed E-state index contributed by atoms with van der Waals surface area (Å²) in [5.41, 5.74) is 2.28. The third-order valence-corrected chi connectivity index (χ3v) is 4.71. The number of thiophene rings is 1. The molecule has 0 atom stereocenters. The van der Waals surface area contributed by atoms with E-state index in [0.29, 0.717) is 0 Å². The van der Waals surface area contributed by atoms with Crippen molar-refractivity contribution in [1.82, 2.24) is 9.97 Å². The van der Waals surface area contributed by atoms with Gasteiger partial charge in [-0.05, 0) is 52.7 Å². The van der Waals surface area contributed by atoms with Gasteiger partial charge in [-0.2, -0.15) is 0 Å². The minimum Gasteiger partial charge on any atom is -0.369 e. The summed E-state index contributed by atoms with van der Waals surface area (Å²) < 4.78 is 0.987. The summed E-state index contributed by atoms with van der Waals surface area (Å²) in [5.74, 6) is 1.72. The van der Waals surface area contributed by atoms with Crippen molar-refractivity contribution < 1.29 is 0 Å². The van der Waals surface area contributed by atoms with E-state index in [1.165, 1.54) is 5.56 Å². The number of nitrogens with one attached hydrogen (secondary N) is 1. The van der Waals surface area contributed by atoms with E-state index < -0.39 is 0 Å². The highest BCUT2D eigenvalue weighted by atomic mass is 79.9. The van der Waals surface area contributed by atoms with Gasteiger partial charge in [0.1, 0.15) is 5.82 Å². The van der Waals surface area contributed by atoms with Crippen molar-refractivity contribution in [1.29, 1.82) is 0 Å². The lowest BCUT2D eigenvalue weighted by Crippen LogP contribution is -2.07. The minimum absolute atomic E-state index is 0.825. The largest absolute Gasteiger partial charge is 0.369 e. The van der Waals surface area contributed by atoms with Gasteiger partial charge in [0.05, 0.1) is 15.0 Å². The van der Waals surface area contributed by atoms with Gasteiger partial charge < -0.3 is 5.32 Å². The van der Waals surface area contributed by atoms with Gasteiger partial charge >= 0.3 is 0 Å². The Morgan fingerprint density at radius 3 is 2.68 bits per heavy atom. The van der Waals surface area contributed by atoms with Crippen LogP contribution in [0.3, 0.4) is 0 Å². The molecule has 0 amide bonds. The number of rotatable bonds is 5. The highest BCUT2D eigenvalue weighted by molar-refractivity contribution is 9.10. The Morgan fingerprint density at radius 2 is 2.11 bits per heavy atom. The Balaban J connectivity index is 2.47. The van der Waals surface area contributed by atoms with Crippen LogP contribution in [-0.4, -0.2) is 16.5 Å². The van der Waals surface area contributed by atoms with E-state index >= 15 is 0 Å². The summed E-state index contributed by atoms with van der Waals surface area (Å²) in [6.45, 7) is 7.28. The van der Waals surface area contributed by atoms with Crippen LogP contribution in [0.4, 0.5) is 5.82 Å². The fraction of sp³-hybridized carbons (Fsp3) is 0.429. The molecular formula is C14H18BrN3S. The predicted molar refractivity (Wildman–Crippen MR) is 85.9 cm³/mol. The number of aryl methyl sites for hydroxylation is 2. The first kappa shape index (κ1) is 14.5. The fourth-order valence-electron chi connectivity index (χ4n) is 1.79. The molecule has 0 unspecified atom stereocenters. The standard InChI is InChI=1S/C14H18BrN3S/c1-4-7-16-13-11(15)10(5-2)17-14(18-13)12-9(3)6-8-19-12/h6,8H,4-5,7H2,1-3H3,(H,16,17,18). The summed E-state index contributed by atoms with van der Waals surface area (Å²) in [6.07, 6.45) is 1.96. The van der Waals surface area contributed by atoms with Crippen molar-refractivity contribution in [3.8, 4) is 10.7 Å². The Morgan fingerprint density at radius 1 is 1.32 bits per heavy atom. The Kier molecular flexibility index (Phi) is 4.93. The van der Waals surface area contributed by atoms with Gasteiger partial charge in [0.15, 0.2) is 5.82 Å². The summed E-state index contributed by atoms with van der Waals surface area (Å²) in [5, 5.41) is 5.45. The molecule has 0 radical (unpaired) electrons. The molecule has 2 aromatic rings. The molecule has 0 fully saturated rings. The molecule has 1 N–H and O–H groups in total. The van der Waals surface area contributed by atoms with Gasteiger partial charge in [0.2, 0.25) is 0 Å². The molecule has 102 valence electrons. The summed E-state index contributed by atoms with van der Waals surface area (Å²) in [4.78, 5) is 10.5. The monoisotopic (exact) mass is 339 g/mol. The average Bonchev–Trinajstić information content (AvgIpc) is 2.84. The zero-order chi connectivity index (χ0) is 13.8. The highest BCUT2D eigenvalue weighted by Crippen LogP contribution is 2.31. The van der Waals surface area contributed by atoms with Gasteiger partial charge in [-0.1, -0.05) is 13.8 Å². The molecule has 2 aromatic heterocycles. The van der Waals surface area contributed by atoms with Crippen LogP contribution >= 0.6 is 27.3 Å². The third kappa shape index (κ3) is 3.15. The van der Waals surface area contributed by atoms with E-state index in [1.807, 2.05) is 0 Å². The lowest BCUT2D eigenvalue weighted by atomic mass is 10.2. The van der Waals surface area contributed by atoms with Crippen molar-refractivity contribution >= 4 is 33.1 Å². The normalized spacial score (nSPS) is 10.7. The Labute approximate surface area is 126 Å². The molecule has 0 aromatic carbocycles. The molecule has 2 heterocycles. The number of nitrogens with zero attached hydrogens (tertiary/aromatic N) is 2. The van der Waals surface area contributed by atoms with Crippen LogP contribution < -0.4 is 5.32 Å². The molecule has 5 heteroatoms. The number of anilines is 1. The summed E-state index contributed by atoms with van der Waals surface area (Å²) >= 11 is 5.30. The van der Waals surface area contributed by atoms with Gasteiger partial charge in [-0.3, -0.25) is 0 Å². The summed E-state index contributed by atoms with van der Waals surface area (Å²) in [7, 11) is 0. The topological polar surface area (TPSA) is 37.8 Å². The van der Waals surface area contributed by atoms with Crippen LogP contribution in [0.2, 0.25) is 0 Å². The molecule has 0 aliphatic carbocycles. The van der Waals surface area contributed by atoms with E-state index in [9.17, 15) is 0 Å². The van der Waals surface area contributed by atoms with Crippen molar-refractivity contribution in [2.24, 2.45) is 0 Å². The second-order valence-electron chi connectivity index (χ2n) is 4.37. The van der Waals surface area contributed by atoms with E-state index in [2.05, 4.69) is 63.4 Å². The lowest BCUT2D eigenvalue weighted by Gasteiger charge is -2.11. The smallest absolute Gasteiger partial charge is 0.172 e. The molecular weight excluding hydrogens is 322 g/mol. The maximum atomic E-state index is 4.68. The molecule has 2 rings (SSSR count). The Bertz CT molecular complexity index is 566. The van der Waals surface area contributed by atoms with E-state index in [1.54, 1.807) is 11.3 Å². The first-order valence-corrected chi connectivity index (χ1v) is 8.19. The molecule has 0 aliphatic rings. The maximum absolute atomic E-state index is 4.68.